The summed E-state index contributed by atoms with van der Waals surface area (Å²) in [4.78, 5) is 10.9. The van der Waals surface area contributed by atoms with Crippen LogP contribution in [0.5, 0.6) is 0 Å². The predicted octanol–water partition coefficient (Wildman–Crippen LogP) is 2.89. The van der Waals surface area contributed by atoms with E-state index < -0.39 is 12.0 Å². The highest BCUT2D eigenvalue weighted by Crippen LogP contribution is 2.23. The van der Waals surface area contributed by atoms with Crippen LogP contribution >= 0.6 is 15.9 Å². The van der Waals surface area contributed by atoms with E-state index in [0.717, 1.165) is 10.2 Å². The minimum atomic E-state index is -0.932. The zero-order valence-electron chi connectivity index (χ0n) is 8.33. The molecular weight excluding hydrogens is 258 g/mol. The molecule has 1 aromatic rings. The molecule has 0 aliphatic carbocycles. The van der Waals surface area contributed by atoms with Crippen molar-refractivity contribution in [3.05, 3.63) is 40.9 Å². The van der Waals surface area contributed by atoms with Gasteiger partial charge in [0.15, 0.2) is 0 Å². The van der Waals surface area contributed by atoms with E-state index in [2.05, 4.69) is 27.8 Å². The molecule has 2 N–H and O–H groups in total. The van der Waals surface area contributed by atoms with Crippen LogP contribution in [0.2, 0.25) is 0 Å². The van der Waals surface area contributed by atoms with Crippen LogP contribution in [-0.2, 0) is 4.79 Å². The molecule has 0 aliphatic heterocycles. The maximum absolute atomic E-state index is 10.9. The Bertz CT molecular complexity index is 376. The van der Waals surface area contributed by atoms with Crippen molar-refractivity contribution in [3.63, 3.8) is 0 Å². The predicted molar refractivity (Wildman–Crippen MR) is 64.0 cm³/mol. The number of nitrogens with one attached hydrogen (secondary N) is 1. The molecule has 4 heteroatoms. The second-order valence-electron chi connectivity index (χ2n) is 3.24. The van der Waals surface area contributed by atoms with Crippen LogP contribution in [0.25, 0.3) is 0 Å². The van der Waals surface area contributed by atoms with Gasteiger partial charge in [0.2, 0.25) is 0 Å². The lowest BCUT2D eigenvalue weighted by atomic mass is 10.1. The summed E-state index contributed by atoms with van der Waals surface area (Å²) in [5, 5.41) is 11.9. The third kappa shape index (κ3) is 3.09. The number of carboxylic acids is 1. The van der Waals surface area contributed by atoms with Gasteiger partial charge in [-0.05, 0) is 40.6 Å². The molecule has 1 unspecified atom stereocenters. The molecule has 15 heavy (non-hydrogen) atoms. The minimum Gasteiger partial charge on any atom is -0.479 e. The summed E-state index contributed by atoms with van der Waals surface area (Å²) in [5.41, 5.74) is 1.31. The van der Waals surface area contributed by atoms with Gasteiger partial charge in [-0.3, -0.25) is 0 Å². The van der Waals surface area contributed by atoms with Gasteiger partial charge in [-0.2, -0.15) is 0 Å². The van der Waals surface area contributed by atoms with E-state index in [1.807, 2.05) is 24.3 Å². The number of aliphatic carboxylic acids is 1. The van der Waals surface area contributed by atoms with Crippen LogP contribution in [0.15, 0.2) is 40.9 Å². The van der Waals surface area contributed by atoms with Crippen LogP contribution in [0.3, 0.4) is 0 Å². The number of halogens is 1. The number of benzene rings is 1. The molecule has 0 aliphatic rings. The average Bonchev–Trinajstić information content (AvgIpc) is 2.15. The number of carboxylic acid groups (broad SMARTS) is 1. The molecule has 3 nitrogen and oxygen atoms in total. The van der Waals surface area contributed by atoms with Crippen molar-refractivity contribution >= 4 is 27.6 Å². The highest BCUT2D eigenvalue weighted by atomic mass is 79.9. The Balaban J connectivity index is 2.88. The Morgan fingerprint density at radius 2 is 2.13 bits per heavy atom. The second kappa shape index (κ2) is 4.98. The van der Waals surface area contributed by atoms with Gasteiger partial charge in [-0.1, -0.05) is 18.7 Å². The molecular formula is C11H12BrNO2. The Labute approximate surface area is 96.9 Å². The van der Waals surface area contributed by atoms with Gasteiger partial charge in [0.25, 0.3) is 0 Å². The number of carbonyl (C=O) groups is 1. The van der Waals surface area contributed by atoms with Crippen molar-refractivity contribution in [1.29, 1.82) is 0 Å². The number of para-hydroxylation sites is 1. The Morgan fingerprint density at radius 3 is 2.60 bits per heavy atom. The summed E-state index contributed by atoms with van der Waals surface area (Å²) in [6.45, 7) is 5.33. The number of hydrogen-bond acceptors (Lipinski definition) is 2. The van der Waals surface area contributed by atoms with Crippen LogP contribution < -0.4 is 5.32 Å². The first-order chi connectivity index (χ1) is 7.02. The first-order valence-electron chi connectivity index (χ1n) is 4.41. The van der Waals surface area contributed by atoms with Crippen molar-refractivity contribution in [2.24, 2.45) is 0 Å². The molecule has 0 amide bonds. The van der Waals surface area contributed by atoms with E-state index in [0.29, 0.717) is 5.57 Å². The molecule has 0 fully saturated rings. The monoisotopic (exact) mass is 269 g/mol. The van der Waals surface area contributed by atoms with Crippen molar-refractivity contribution in [1.82, 2.24) is 0 Å². The Kier molecular flexibility index (Phi) is 3.91. The Hall–Kier alpha value is -1.29. The van der Waals surface area contributed by atoms with Crippen molar-refractivity contribution in [2.45, 2.75) is 13.0 Å². The fourth-order valence-electron chi connectivity index (χ4n) is 1.13. The highest BCUT2D eigenvalue weighted by molar-refractivity contribution is 9.10. The third-order valence-corrected chi connectivity index (χ3v) is 2.60. The van der Waals surface area contributed by atoms with E-state index >= 15 is 0 Å². The maximum atomic E-state index is 10.9. The van der Waals surface area contributed by atoms with Crippen molar-refractivity contribution in [2.75, 3.05) is 5.32 Å². The van der Waals surface area contributed by atoms with Crippen molar-refractivity contribution < 1.29 is 9.90 Å². The molecule has 1 rings (SSSR count). The smallest absolute Gasteiger partial charge is 0.330 e. The van der Waals surface area contributed by atoms with E-state index in [1.54, 1.807) is 6.92 Å². The van der Waals surface area contributed by atoms with E-state index in [-0.39, 0.29) is 0 Å². The van der Waals surface area contributed by atoms with Gasteiger partial charge in [0, 0.05) is 10.2 Å². The summed E-state index contributed by atoms with van der Waals surface area (Å²) >= 11 is 3.34. The SMILES string of the molecule is C=C(C)C(Nc1ccccc1Br)C(=O)O. The molecule has 0 radical (unpaired) electrons. The molecule has 1 atom stereocenters. The first kappa shape index (κ1) is 11.8. The fourth-order valence-corrected chi connectivity index (χ4v) is 1.53. The number of rotatable bonds is 4. The molecule has 0 spiro atoms. The summed E-state index contributed by atoms with van der Waals surface area (Å²) < 4.78 is 0.831. The second-order valence-corrected chi connectivity index (χ2v) is 4.10. The molecule has 0 bridgehead atoms. The molecule has 0 saturated carbocycles. The van der Waals surface area contributed by atoms with E-state index in [4.69, 9.17) is 5.11 Å². The summed E-state index contributed by atoms with van der Waals surface area (Å²) in [5.74, 6) is -0.932. The van der Waals surface area contributed by atoms with Crippen LogP contribution in [0.1, 0.15) is 6.92 Å². The van der Waals surface area contributed by atoms with Crippen LogP contribution in [-0.4, -0.2) is 17.1 Å². The quantitative estimate of drug-likeness (QED) is 0.827. The van der Waals surface area contributed by atoms with E-state index in [9.17, 15) is 4.79 Å². The van der Waals surface area contributed by atoms with Crippen LogP contribution in [0.4, 0.5) is 5.69 Å². The summed E-state index contributed by atoms with van der Waals surface area (Å²) in [6.07, 6.45) is 0. The highest BCUT2D eigenvalue weighted by Gasteiger charge is 2.18. The normalized spacial score (nSPS) is 11.9. The zero-order chi connectivity index (χ0) is 11.4. The van der Waals surface area contributed by atoms with Crippen molar-refractivity contribution in [3.8, 4) is 0 Å². The van der Waals surface area contributed by atoms with Gasteiger partial charge < -0.3 is 10.4 Å². The Morgan fingerprint density at radius 1 is 1.53 bits per heavy atom. The molecule has 0 heterocycles. The molecule has 80 valence electrons. The van der Waals surface area contributed by atoms with Crippen LogP contribution in [0, 0.1) is 0 Å². The lowest BCUT2D eigenvalue weighted by Gasteiger charge is -2.16. The maximum Gasteiger partial charge on any atom is 0.330 e. The van der Waals surface area contributed by atoms with Gasteiger partial charge in [-0.25, -0.2) is 4.79 Å². The third-order valence-electron chi connectivity index (χ3n) is 1.91. The summed E-state index contributed by atoms with van der Waals surface area (Å²) in [6, 6.07) is 6.60. The molecule has 0 saturated heterocycles. The fraction of sp³-hybridized carbons (Fsp3) is 0.182. The van der Waals surface area contributed by atoms with Gasteiger partial charge in [0.1, 0.15) is 6.04 Å². The molecule has 0 aromatic heterocycles. The first-order valence-corrected chi connectivity index (χ1v) is 5.21. The van der Waals surface area contributed by atoms with Gasteiger partial charge in [0.05, 0.1) is 0 Å². The minimum absolute atomic E-state index is 0.568. The zero-order valence-corrected chi connectivity index (χ0v) is 9.91. The van der Waals surface area contributed by atoms with Gasteiger partial charge >= 0.3 is 5.97 Å². The number of hydrogen-bond donors (Lipinski definition) is 2. The van der Waals surface area contributed by atoms with E-state index in [1.165, 1.54) is 0 Å². The average molecular weight is 270 g/mol. The number of anilines is 1. The molecule has 1 aromatic carbocycles. The lowest BCUT2D eigenvalue weighted by molar-refractivity contribution is -0.137. The standard InChI is InChI=1S/C11H12BrNO2/c1-7(2)10(11(14)15)13-9-6-4-3-5-8(9)12/h3-6,10,13H,1H2,2H3,(H,14,15). The topological polar surface area (TPSA) is 49.3 Å². The summed E-state index contributed by atoms with van der Waals surface area (Å²) in [7, 11) is 0. The van der Waals surface area contributed by atoms with Gasteiger partial charge in [-0.15, -0.1) is 0 Å². The largest absolute Gasteiger partial charge is 0.479 e. The lowest BCUT2D eigenvalue weighted by Crippen LogP contribution is -2.30.